The van der Waals surface area contributed by atoms with Crippen molar-refractivity contribution in [2.45, 2.75) is 31.7 Å². The van der Waals surface area contributed by atoms with Gasteiger partial charge in [-0.15, -0.1) is 0 Å². The number of aromatic nitrogens is 1. The first-order valence-electron chi connectivity index (χ1n) is 9.78. The Labute approximate surface area is 164 Å². The van der Waals surface area contributed by atoms with E-state index in [1.54, 1.807) is 0 Å². The minimum Gasteiger partial charge on any atom is -0.370 e. The SMILES string of the molecule is Cn1ccc2cc(-c3ccc(C(=O)N4CCCCC4CC(N)=O)cc3)ccc21. The minimum absolute atomic E-state index is 0.0176. The molecule has 5 nitrogen and oxygen atoms in total. The second-order valence-electron chi connectivity index (χ2n) is 7.60. The largest absolute Gasteiger partial charge is 0.370 e. The van der Waals surface area contributed by atoms with Crippen LogP contribution in [0.4, 0.5) is 0 Å². The van der Waals surface area contributed by atoms with Gasteiger partial charge in [0.1, 0.15) is 0 Å². The van der Waals surface area contributed by atoms with Gasteiger partial charge in [-0.3, -0.25) is 9.59 Å². The van der Waals surface area contributed by atoms with E-state index in [1.807, 2.05) is 36.2 Å². The van der Waals surface area contributed by atoms with Gasteiger partial charge in [0.25, 0.3) is 5.91 Å². The number of piperidine rings is 1. The normalized spacial score (nSPS) is 17.0. The molecule has 1 aliphatic heterocycles. The lowest BCUT2D eigenvalue weighted by atomic mass is 9.97. The van der Waals surface area contributed by atoms with Crippen molar-refractivity contribution < 1.29 is 9.59 Å². The van der Waals surface area contributed by atoms with E-state index in [4.69, 9.17) is 5.73 Å². The summed E-state index contributed by atoms with van der Waals surface area (Å²) >= 11 is 0. The van der Waals surface area contributed by atoms with Crippen LogP contribution in [0.5, 0.6) is 0 Å². The maximum atomic E-state index is 13.0. The molecule has 2 aromatic carbocycles. The van der Waals surface area contributed by atoms with E-state index in [0.717, 1.165) is 30.4 Å². The van der Waals surface area contributed by atoms with E-state index in [1.165, 1.54) is 10.9 Å². The van der Waals surface area contributed by atoms with Crippen LogP contribution in [-0.4, -0.2) is 33.9 Å². The van der Waals surface area contributed by atoms with E-state index in [9.17, 15) is 9.59 Å². The van der Waals surface area contributed by atoms with E-state index in [-0.39, 0.29) is 24.3 Å². The number of benzene rings is 2. The Kier molecular flexibility index (Phi) is 4.90. The van der Waals surface area contributed by atoms with Crippen LogP contribution >= 0.6 is 0 Å². The topological polar surface area (TPSA) is 68.3 Å². The quantitative estimate of drug-likeness (QED) is 0.755. The van der Waals surface area contributed by atoms with E-state index in [2.05, 4.69) is 35.0 Å². The number of primary amides is 1. The number of likely N-dealkylation sites (tertiary alicyclic amines) is 1. The number of hydrogen-bond acceptors (Lipinski definition) is 2. The predicted octanol–water partition coefficient (Wildman–Crippen LogP) is 3.72. The molecule has 0 spiro atoms. The number of carbonyl (C=O) groups excluding carboxylic acids is 2. The number of rotatable bonds is 4. The third-order valence-corrected chi connectivity index (χ3v) is 5.68. The molecular formula is C23H25N3O2. The zero-order valence-corrected chi connectivity index (χ0v) is 16.1. The van der Waals surface area contributed by atoms with Crippen molar-refractivity contribution in [3.05, 3.63) is 60.3 Å². The lowest BCUT2D eigenvalue weighted by Crippen LogP contribution is -2.45. The van der Waals surface area contributed by atoms with Crippen LogP contribution in [0.1, 0.15) is 36.0 Å². The summed E-state index contributed by atoms with van der Waals surface area (Å²) in [6, 6.07) is 16.1. The summed E-state index contributed by atoms with van der Waals surface area (Å²) in [4.78, 5) is 26.2. The number of carbonyl (C=O) groups is 2. The molecule has 1 aliphatic rings. The van der Waals surface area contributed by atoms with Crippen LogP contribution in [0.15, 0.2) is 54.7 Å². The minimum atomic E-state index is -0.351. The molecule has 1 saturated heterocycles. The van der Waals surface area contributed by atoms with Gasteiger partial charge in [-0.05, 0) is 60.7 Å². The van der Waals surface area contributed by atoms with Gasteiger partial charge < -0.3 is 15.2 Å². The molecule has 2 amide bonds. The molecule has 0 saturated carbocycles. The van der Waals surface area contributed by atoms with Gasteiger partial charge in [0.2, 0.25) is 5.91 Å². The highest BCUT2D eigenvalue weighted by atomic mass is 16.2. The van der Waals surface area contributed by atoms with E-state index in [0.29, 0.717) is 12.1 Å². The Balaban J connectivity index is 1.56. The van der Waals surface area contributed by atoms with Gasteiger partial charge in [0, 0.05) is 48.7 Å². The molecule has 5 heteroatoms. The molecule has 0 radical (unpaired) electrons. The van der Waals surface area contributed by atoms with Gasteiger partial charge in [0.05, 0.1) is 0 Å². The number of nitrogens with zero attached hydrogens (tertiary/aromatic N) is 2. The van der Waals surface area contributed by atoms with Crippen LogP contribution in [0.2, 0.25) is 0 Å². The van der Waals surface area contributed by atoms with Gasteiger partial charge in [-0.2, -0.15) is 0 Å². The molecule has 2 N–H and O–H groups in total. The average molecular weight is 375 g/mol. The van der Waals surface area contributed by atoms with Crippen LogP contribution in [-0.2, 0) is 11.8 Å². The number of nitrogens with two attached hydrogens (primary N) is 1. The second-order valence-corrected chi connectivity index (χ2v) is 7.60. The number of amides is 2. The lowest BCUT2D eigenvalue weighted by Gasteiger charge is -2.35. The first-order chi connectivity index (χ1) is 13.5. The van der Waals surface area contributed by atoms with Crippen LogP contribution in [0, 0.1) is 0 Å². The zero-order valence-electron chi connectivity index (χ0n) is 16.1. The molecule has 0 aliphatic carbocycles. The molecule has 2 heterocycles. The monoisotopic (exact) mass is 375 g/mol. The Morgan fingerprint density at radius 1 is 1.04 bits per heavy atom. The highest BCUT2D eigenvalue weighted by molar-refractivity contribution is 5.95. The maximum Gasteiger partial charge on any atom is 0.254 e. The Morgan fingerprint density at radius 2 is 1.79 bits per heavy atom. The smallest absolute Gasteiger partial charge is 0.254 e. The van der Waals surface area contributed by atoms with Crippen LogP contribution < -0.4 is 5.73 Å². The fourth-order valence-electron chi connectivity index (χ4n) is 4.14. The fraction of sp³-hybridized carbons (Fsp3) is 0.304. The zero-order chi connectivity index (χ0) is 19.7. The van der Waals surface area contributed by atoms with Gasteiger partial charge in [-0.25, -0.2) is 0 Å². The molecule has 1 unspecified atom stereocenters. The molecule has 4 rings (SSSR count). The average Bonchev–Trinajstić information content (AvgIpc) is 3.08. The Bertz CT molecular complexity index is 1020. The standard InChI is InChI=1S/C23H25N3O2/c1-25-13-11-19-14-18(9-10-21(19)25)16-5-7-17(8-6-16)23(28)26-12-3-2-4-20(26)15-22(24)27/h5-11,13-14,20H,2-4,12,15H2,1H3,(H2,24,27). The predicted molar refractivity (Wildman–Crippen MR) is 111 cm³/mol. The van der Waals surface area contributed by atoms with Crippen molar-refractivity contribution in [3.8, 4) is 11.1 Å². The molecule has 1 atom stereocenters. The maximum absolute atomic E-state index is 13.0. The molecule has 0 bridgehead atoms. The van der Waals surface area contributed by atoms with Crippen molar-refractivity contribution in [2.24, 2.45) is 12.8 Å². The van der Waals surface area contributed by atoms with Crippen molar-refractivity contribution >= 4 is 22.7 Å². The molecule has 1 aromatic heterocycles. The summed E-state index contributed by atoms with van der Waals surface area (Å²) in [5.74, 6) is -0.368. The Hall–Kier alpha value is -3.08. The lowest BCUT2D eigenvalue weighted by molar-refractivity contribution is -0.119. The first kappa shape index (κ1) is 18.3. The number of hydrogen-bond donors (Lipinski definition) is 1. The van der Waals surface area contributed by atoms with E-state index < -0.39 is 0 Å². The summed E-state index contributed by atoms with van der Waals surface area (Å²) in [5, 5.41) is 1.20. The summed E-state index contributed by atoms with van der Waals surface area (Å²) < 4.78 is 2.10. The molecule has 144 valence electrons. The third kappa shape index (κ3) is 3.52. The summed E-state index contributed by atoms with van der Waals surface area (Å²) in [5.41, 5.74) is 9.43. The van der Waals surface area contributed by atoms with Crippen molar-refractivity contribution in [3.63, 3.8) is 0 Å². The van der Waals surface area contributed by atoms with Crippen LogP contribution in [0.3, 0.4) is 0 Å². The third-order valence-electron chi connectivity index (χ3n) is 5.68. The van der Waals surface area contributed by atoms with Gasteiger partial charge in [-0.1, -0.05) is 18.2 Å². The number of aryl methyl sites for hydroxylation is 1. The molecule has 3 aromatic rings. The van der Waals surface area contributed by atoms with Gasteiger partial charge in [0.15, 0.2) is 0 Å². The van der Waals surface area contributed by atoms with Crippen molar-refractivity contribution in [1.29, 1.82) is 0 Å². The van der Waals surface area contributed by atoms with E-state index >= 15 is 0 Å². The summed E-state index contributed by atoms with van der Waals surface area (Å²) in [6.45, 7) is 0.684. The first-order valence-corrected chi connectivity index (χ1v) is 9.78. The van der Waals surface area contributed by atoms with Crippen molar-refractivity contribution in [1.82, 2.24) is 9.47 Å². The molecule has 1 fully saturated rings. The molecular weight excluding hydrogens is 350 g/mol. The van der Waals surface area contributed by atoms with Gasteiger partial charge >= 0.3 is 0 Å². The highest BCUT2D eigenvalue weighted by Gasteiger charge is 2.28. The summed E-state index contributed by atoms with van der Waals surface area (Å²) in [6.07, 6.45) is 5.13. The highest BCUT2D eigenvalue weighted by Crippen LogP contribution is 2.27. The fourth-order valence-corrected chi connectivity index (χ4v) is 4.14. The molecule has 28 heavy (non-hydrogen) atoms. The Morgan fingerprint density at radius 3 is 2.54 bits per heavy atom. The number of fused-ring (bicyclic) bond motifs is 1. The van der Waals surface area contributed by atoms with Crippen molar-refractivity contribution in [2.75, 3.05) is 6.54 Å². The van der Waals surface area contributed by atoms with Crippen LogP contribution in [0.25, 0.3) is 22.0 Å². The second kappa shape index (κ2) is 7.50. The summed E-state index contributed by atoms with van der Waals surface area (Å²) in [7, 11) is 2.04.